The van der Waals surface area contributed by atoms with Gasteiger partial charge in [-0.05, 0) is 38.1 Å². The molecule has 1 aromatic carbocycles. The van der Waals surface area contributed by atoms with Crippen LogP contribution in [0.15, 0.2) is 41.2 Å². The summed E-state index contributed by atoms with van der Waals surface area (Å²) in [7, 11) is 1.71. The summed E-state index contributed by atoms with van der Waals surface area (Å²) < 4.78 is 18.6. The van der Waals surface area contributed by atoms with Gasteiger partial charge in [-0.3, -0.25) is 4.79 Å². The van der Waals surface area contributed by atoms with E-state index >= 15 is 0 Å². The van der Waals surface area contributed by atoms with Crippen molar-refractivity contribution in [1.82, 2.24) is 15.1 Å². The molecule has 138 valence electrons. The van der Waals surface area contributed by atoms with Gasteiger partial charge in [0, 0.05) is 18.7 Å². The van der Waals surface area contributed by atoms with E-state index in [1.807, 2.05) is 18.7 Å². The van der Waals surface area contributed by atoms with Gasteiger partial charge in [-0.25, -0.2) is 14.4 Å². The summed E-state index contributed by atoms with van der Waals surface area (Å²) in [6, 6.07) is 6.05. The maximum Gasteiger partial charge on any atom is 0.246 e. The summed E-state index contributed by atoms with van der Waals surface area (Å²) in [6.07, 6.45) is 3.17. The summed E-state index contributed by atoms with van der Waals surface area (Å²) in [5.74, 6) is 1.24. The van der Waals surface area contributed by atoms with E-state index in [-0.39, 0.29) is 24.3 Å². The average Bonchev–Trinajstić information content (AvgIpc) is 3.14. The van der Waals surface area contributed by atoms with E-state index in [0.29, 0.717) is 34.2 Å². The minimum atomic E-state index is -0.329. The van der Waals surface area contributed by atoms with Crippen molar-refractivity contribution in [2.24, 2.45) is 0 Å². The van der Waals surface area contributed by atoms with Crippen molar-refractivity contribution in [2.45, 2.75) is 19.9 Å². The Kier molecular flexibility index (Phi) is 4.10. The van der Waals surface area contributed by atoms with Crippen LogP contribution in [-0.2, 0) is 4.79 Å². The van der Waals surface area contributed by atoms with Crippen molar-refractivity contribution < 1.29 is 13.7 Å². The molecule has 1 aliphatic heterocycles. The summed E-state index contributed by atoms with van der Waals surface area (Å²) in [5.41, 5.74) is 1.94. The number of carbonyl (C=O) groups is 1. The first-order chi connectivity index (χ1) is 13.0. The van der Waals surface area contributed by atoms with Gasteiger partial charge in [-0.1, -0.05) is 5.16 Å². The van der Waals surface area contributed by atoms with E-state index in [1.54, 1.807) is 30.3 Å². The minimum absolute atomic E-state index is 0.00970. The lowest BCUT2D eigenvalue weighted by atomic mass is 10.1. The number of rotatable bonds is 3. The topological polar surface area (TPSA) is 75.4 Å². The van der Waals surface area contributed by atoms with Crippen molar-refractivity contribution in [3.05, 3.63) is 42.5 Å². The number of halogens is 1. The highest BCUT2D eigenvalue weighted by Gasteiger charge is 2.31. The number of aromatic nitrogens is 3. The van der Waals surface area contributed by atoms with Crippen LogP contribution in [0, 0.1) is 5.82 Å². The lowest BCUT2D eigenvalue weighted by Crippen LogP contribution is -2.47. The van der Waals surface area contributed by atoms with Gasteiger partial charge in [-0.15, -0.1) is 0 Å². The van der Waals surface area contributed by atoms with Gasteiger partial charge in [0.15, 0.2) is 17.4 Å². The van der Waals surface area contributed by atoms with Crippen molar-refractivity contribution in [1.29, 1.82) is 0 Å². The molecule has 0 saturated heterocycles. The molecule has 0 radical (unpaired) electrons. The molecule has 1 amide bonds. The first-order valence-corrected chi connectivity index (χ1v) is 8.57. The fraction of sp³-hybridized carbons (Fsp3) is 0.263. The maximum atomic E-state index is 13.2. The van der Waals surface area contributed by atoms with Crippen molar-refractivity contribution in [3.8, 4) is 22.7 Å². The van der Waals surface area contributed by atoms with Gasteiger partial charge in [0.1, 0.15) is 11.5 Å². The highest BCUT2D eigenvalue weighted by molar-refractivity contribution is 6.02. The van der Waals surface area contributed by atoms with Crippen LogP contribution in [0.4, 0.5) is 15.9 Å². The Morgan fingerprint density at radius 1 is 1.19 bits per heavy atom. The standard InChI is InChI=1S/C19H18FN5O2/c1-11(2)25-10-16(26)24(3)15-9-21-18(23-19(15)25)14-8-22-27-17(14)12-4-6-13(20)7-5-12/h4-9,11H,10H2,1-3H3. The summed E-state index contributed by atoms with van der Waals surface area (Å²) in [4.78, 5) is 24.8. The van der Waals surface area contributed by atoms with E-state index in [9.17, 15) is 9.18 Å². The van der Waals surface area contributed by atoms with E-state index in [0.717, 1.165) is 0 Å². The fourth-order valence-electron chi connectivity index (χ4n) is 3.04. The number of likely N-dealkylation sites (N-methyl/N-ethyl adjacent to an activating group) is 1. The number of anilines is 2. The lowest BCUT2D eigenvalue weighted by Gasteiger charge is -2.36. The van der Waals surface area contributed by atoms with E-state index in [2.05, 4.69) is 10.1 Å². The fourth-order valence-corrected chi connectivity index (χ4v) is 3.04. The van der Waals surface area contributed by atoms with Crippen LogP contribution in [0.5, 0.6) is 0 Å². The zero-order chi connectivity index (χ0) is 19.1. The number of fused-ring (bicyclic) bond motifs is 1. The van der Waals surface area contributed by atoms with Gasteiger partial charge < -0.3 is 14.3 Å². The summed E-state index contributed by atoms with van der Waals surface area (Å²) in [5, 5.41) is 3.86. The van der Waals surface area contributed by atoms with Crippen molar-refractivity contribution >= 4 is 17.4 Å². The zero-order valence-corrected chi connectivity index (χ0v) is 15.2. The predicted octanol–water partition coefficient (Wildman–Crippen LogP) is 3.13. The summed E-state index contributed by atoms with van der Waals surface area (Å²) >= 11 is 0. The molecule has 0 atom stereocenters. The number of hydrogen-bond donors (Lipinski definition) is 0. The molecule has 0 bridgehead atoms. The minimum Gasteiger partial charge on any atom is -0.356 e. The molecule has 0 N–H and O–H groups in total. The quantitative estimate of drug-likeness (QED) is 0.708. The Labute approximate surface area is 155 Å². The smallest absolute Gasteiger partial charge is 0.246 e. The van der Waals surface area contributed by atoms with Crippen molar-refractivity contribution in [3.63, 3.8) is 0 Å². The third kappa shape index (κ3) is 2.92. The van der Waals surface area contributed by atoms with E-state index < -0.39 is 0 Å². The second-order valence-electron chi connectivity index (χ2n) is 6.65. The van der Waals surface area contributed by atoms with Crippen LogP contribution in [0.25, 0.3) is 22.7 Å². The van der Waals surface area contributed by atoms with Crippen LogP contribution in [0.1, 0.15) is 13.8 Å². The van der Waals surface area contributed by atoms with Crippen LogP contribution in [-0.4, -0.2) is 40.7 Å². The van der Waals surface area contributed by atoms with Crippen molar-refractivity contribution in [2.75, 3.05) is 23.4 Å². The number of amides is 1. The van der Waals surface area contributed by atoms with Gasteiger partial charge in [0.25, 0.3) is 0 Å². The molecule has 4 rings (SSSR count). The first-order valence-electron chi connectivity index (χ1n) is 8.57. The summed E-state index contributed by atoms with van der Waals surface area (Å²) in [6.45, 7) is 4.27. The normalized spacial score (nSPS) is 14.0. The Bertz CT molecular complexity index is 1000. The molecular formula is C19H18FN5O2. The predicted molar refractivity (Wildman–Crippen MR) is 98.8 cm³/mol. The third-order valence-corrected chi connectivity index (χ3v) is 4.60. The SMILES string of the molecule is CC(C)N1CC(=O)N(C)c2cnc(-c3cnoc3-c3ccc(F)cc3)nc21. The molecule has 0 unspecified atom stereocenters. The van der Waals surface area contributed by atoms with E-state index in [1.165, 1.54) is 18.3 Å². The number of nitrogens with zero attached hydrogens (tertiary/aromatic N) is 5. The Morgan fingerprint density at radius 3 is 2.63 bits per heavy atom. The molecule has 2 aromatic heterocycles. The number of hydrogen-bond acceptors (Lipinski definition) is 6. The number of benzene rings is 1. The molecule has 0 aliphatic carbocycles. The van der Waals surface area contributed by atoms with Gasteiger partial charge in [-0.2, -0.15) is 0 Å². The molecule has 0 spiro atoms. The average molecular weight is 367 g/mol. The monoisotopic (exact) mass is 367 g/mol. The Balaban J connectivity index is 1.81. The largest absolute Gasteiger partial charge is 0.356 e. The molecule has 27 heavy (non-hydrogen) atoms. The Hall–Kier alpha value is -3.29. The van der Waals surface area contributed by atoms with Crippen LogP contribution in [0.2, 0.25) is 0 Å². The van der Waals surface area contributed by atoms with Crippen LogP contribution < -0.4 is 9.80 Å². The highest BCUT2D eigenvalue weighted by atomic mass is 19.1. The van der Waals surface area contributed by atoms with Crippen LogP contribution >= 0.6 is 0 Å². The van der Waals surface area contributed by atoms with Gasteiger partial charge >= 0.3 is 0 Å². The first kappa shape index (κ1) is 17.1. The molecular weight excluding hydrogens is 349 g/mol. The second-order valence-corrected chi connectivity index (χ2v) is 6.65. The molecule has 8 heteroatoms. The van der Waals surface area contributed by atoms with Crippen LogP contribution in [0.3, 0.4) is 0 Å². The third-order valence-electron chi connectivity index (χ3n) is 4.60. The molecule has 0 fully saturated rings. The van der Waals surface area contributed by atoms with E-state index in [4.69, 9.17) is 9.51 Å². The molecule has 3 aromatic rings. The molecule has 1 aliphatic rings. The molecule has 3 heterocycles. The molecule has 7 nitrogen and oxygen atoms in total. The van der Waals surface area contributed by atoms with Gasteiger partial charge in [0.2, 0.25) is 5.91 Å². The second kappa shape index (κ2) is 6.46. The molecule has 0 saturated carbocycles. The lowest BCUT2D eigenvalue weighted by molar-refractivity contribution is -0.117. The zero-order valence-electron chi connectivity index (χ0n) is 15.2. The van der Waals surface area contributed by atoms with Gasteiger partial charge in [0.05, 0.1) is 24.5 Å². The number of carbonyl (C=O) groups excluding carboxylic acids is 1. The maximum absolute atomic E-state index is 13.2. The highest BCUT2D eigenvalue weighted by Crippen LogP contribution is 2.36. The Morgan fingerprint density at radius 2 is 1.93 bits per heavy atom.